The van der Waals surface area contributed by atoms with Crippen molar-refractivity contribution in [1.29, 1.82) is 0 Å². The van der Waals surface area contributed by atoms with Crippen molar-refractivity contribution in [2.45, 2.75) is 26.1 Å². The number of halogens is 1. The zero-order valence-corrected chi connectivity index (χ0v) is 17.5. The van der Waals surface area contributed by atoms with Crippen molar-refractivity contribution in [3.05, 3.63) is 59.4 Å². The van der Waals surface area contributed by atoms with Crippen molar-refractivity contribution >= 4 is 12.1 Å². The Morgan fingerprint density at radius 2 is 2.06 bits per heavy atom. The van der Waals surface area contributed by atoms with Gasteiger partial charge in [0.25, 0.3) is 0 Å². The number of hydrogen-bond donors (Lipinski definition) is 1. The van der Waals surface area contributed by atoms with Crippen LogP contribution in [0.4, 0.5) is 9.18 Å². The molecule has 2 atom stereocenters. The Kier molecular flexibility index (Phi) is 7.59. The van der Waals surface area contributed by atoms with E-state index in [1.54, 1.807) is 25.1 Å². The number of amides is 1. The van der Waals surface area contributed by atoms with Gasteiger partial charge >= 0.3 is 12.1 Å². The number of morpholine rings is 1. The lowest BCUT2D eigenvalue weighted by Crippen LogP contribution is -2.48. The van der Waals surface area contributed by atoms with E-state index in [1.165, 1.54) is 11.0 Å². The van der Waals surface area contributed by atoms with Crippen LogP contribution in [0.15, 0.2) is 42.5 Å². The molecule has 166 valence electrons. The highest BCUT2D eigenvalue weighted by Crippen LogP contribution is 2.36. The third kappa shape index (κ3) is 5.59. The van der Waals surface area contributed by atoms with Gasteiger partial charge in [0.15, 0.2) is 0 Å². The fraction of sp³-hybridized carbons (Fsp3) is 0.391. The molecule has 1 amide bonds. The molecule has 2 aromatic rings. The van der Waals surface area contributed by atoms with Crippen LogP contribution in [0.3, 0.4) is 0 Å². The summed E-state index contributed by atoms with van der Waals surface area (Å²) in [4.78, 5) is 24.6. The number of rotatable bonds is 7. The lowest BCUT2D eigenvalue weighted by atomic mass is 9.92. The van der Waals surface area contributed by atoms with Gasteiger partial charge in [0.05, 0.1) is 19.8 Å². The van der Waals surface area contributed by atoms with Crippen molar-refractivity contribution in [1.82, 2.24) is 4.90 Å². The Morgan fingerprint density at radius 3 is 2.77 bits per heavy atom. The second kappa shape index (κ2) is 10.4. The minimum Gasteiger partial charge on any atom is -0.465 e. The third-order valence-electron chi connectivity index (χ3n) is 5.05. The first-order valence-electron chi connectivity index (χ1n) is 10.1. The number of esters is 1. The van der Waals surface area contributed by atoms with E-state index in [9.17, 15) is 14.7 Å². The average Bonchev–Trinajstić information content (AvgIpc) is 2.74. The Bertz CT molecular complexity index is 934. The van der Waals surface area contributed by atoms with Crippen LogP contribution < -0.4 is 0 Å². The molecular formula is C23H26FNO6. The molecule has 1 aliphatic heterocycles. The van der Waals surface area contributed by atoms with Gasteiger partial charge in [-0.2, -0.15) is 0 Å². The molecule has 0 aliphatic carbocycles. The highest BCUT2D eigenvalue weighted by molar-refractivity contribution is 5.71. The highest BCUT2D eigenvalue weighted by atomic mass is 19.1. The maximum atomic E-state index is 15.0. The summed E-state index contributed by atoms with van der Waals surface area (Å²) in [6, 6.07) is 12.0. The Balaban J connectivity index is 2.01. The summed E-state index contributed by atoms with van der Waals surface area (Å²) in [5, 5.41) is 9.40. The second-order valence-corrected chi connectivity index (χ2v) is 7.25. The van der Waals surface area contributed by atoms with Crippen LogP contribution in [-0.2, 0) is 19.0 Å². The summed E-state index contributed by atoms with van der Waals surface area (Å²) in [6.45, 7) is 3.87. The van der Waals surface area contributed by atoms with E-state index in [-0.39, 0.29) is 32.9 Å². The summed E-state index contributed by atoms with van der Waals surface area (Å²) in [5.41, 5.74) is 2.42. The lowest BCUT2D eigenvalue weighted by Gasteiger charge is -2.36. The Morgan fingerprint density at radius 1 is 1.29 bits per heavy atom. The summed E-state index contributed by atoms with van der Waals surface area (Å²) in [5.74, 6) is -1.01. The normalized spacial score (nSPS) is 17.3. The van der Waals surface area contributed by atoms with Gasteiger partial charge in [0, 0.05) is 12.1 Å². The van der Waals surface area contributed by atoms with E-state index in [0.717, 1.165) is 5.56 Å². The molecule has 2 aromatic carbocycles. The van der Waals surface area contributed by atoms with Gasteiger partial charge in [0.2, 0.25) is 0 Å². The molecule has 7 nitrogen and oxygen atoms in total. The highest BCUT2D eigenvalue weighted by Gasteiger charge is 2.34. The SMILES string of the molecule is CCOC(=O)CO[C@@H](c1cccc(F)c1-c1cccc(C)c1)C1CN(C(=O)O)CCO1. The molecule has 8 heteroatoms. The Hall–Kier alpha value is -2.97. The number of ether oxygens (including phenoxy) is 3. The van der Waals surface area contributed by atoms with Crippen LogP contribution in [0.5, 0.6) is 0 Å². The van der Waals surface area contributed by atoms with Crippen LogP contribution in [0.2, 0.25) is 0 Å². The number of carboxylic acid groups (broad SMARTS) is 1. The van der Waals surface area contributed by atoms with Crippen LogP contribution in [0.1, 0.15) is 24.2 Å². The molecule has 31 heavy (non-hydrogen) atoms. The van der Waals surface area contributed by atoms with Gasteiger partial charge in [-0.05, 0) is 31.0 Å². The van der Waals surface area contributed by atoms with Crippen LogP contribution >= 0.6 is 0 Å². The van der Waals surface area contributed by atoms with Crippen molar-refractivity contribution in [3.8, 4) is 11.1 Å². The fourth-order valence-electron chi connectivity index (χ4n) is 3.67. The molecule has 0 bridgehead atoms. The number of hydrogen-bond acceptors (Lipinski definition) is 5. The monoisotopic (exact) mass is 431 g/mol. The molecule has 0 spiro atoms. The number of carbonyl (C=O) groups is 2. The maximum Gasteiger partial charge on any atom is 0.407 e. The van der Waals surface area contributed by atoms with Crippen molar-refractivity contribution in [2.24, 2.45) is 0 Å². The first-order valence-corrected chi connectivity index (χ1v) is 10.1. The topological polar surface area (TPSA) is 85.3 Å². The van der Waals surface area contributed by atoms with Gasteiger partial charge in [-0.1, -0.05) is 42.0 Å². The van der Waals surface area contributed by atoms with Crippen LogP contribution in [-0.4, -0.2) is 61.1 Å². The zero-order valence-electron chi connectivity index (χ0n) is 17.5. The lowest BCUT2D eigenvalue weighted by molar-refractivity contribution is -0.157. The van der Waals surface area contributed by atoms with Gasteiger partial charge in [-0.15, -0.1) is 0 Å². The van der Waals surface area contributed by atoms with Crippen molar-refractivity contribution in [3.63, 3.8) is 0 Å². The molecule has 1 heterocycles. The van der Waals surface area contributed by atoms with Gasteiger partial charge < -0.3 is 24.2 Å². The van der Waals surface area contributed by atoms with Gasteiger partial charge in [-0.25, -0.2) is 14.0 Å². The van der Waals surface area contributed by atoms with Crippen molar-refractivity contribution < 1.29 is 33.3 Å². The summed E-state index contributed by atoms with van der Waals surface area (Å²) >= 11 is 0. The first-order chi connectivity index (χ1) is 14.9. The predicted molar refractivity (Wildman–Crippen MR) is 111 cm³/mol. The van der Waals surface area contributed by atoms with Crippen LogP contribution in [0, 0.1) is 12.7 Å². The number of benzene rings is 2. The number of carbonyl (C=O) groups excluding carboxylic acids is 1. The summed E-state index contributed by atoms with van der Waals surface area (Å²) in [6.07, 6.45) is -2.67. The predicted octanol–water partition coefficient (Wildman–Crippen LogP) is 3.80. The van der Waals surface area contributed by atoms with Gasteiger partial charge in [-0.3, -0.25) is 0 Å². The maximum absolute atomic E-state index is 15.0. The minimum absolute atomic E-state index is 0.0343. The zero-order chi connectivity index (χ0) is 22.4. The molecule has 1 N–H and O–H groups in total. The number of nitrogens with zero attached hydrogens (tertiary/aromatic N) is 1. The van der Waals surface area contributed by atoms with E-state index in [4.69, 9.17) is 14.2 Å². The smallest absolute Gasteiger partial charge is 0.407 e. The molecule has 0 aromatic heterocycles. The van der Waals surface area contributed by atoms with Crippen LogP contribution in [0.25, 0.3) is 11.1 Å². The molecule has 1 fully saturated rings. The summed E-state index contributed by atoms with van der Waals surface area (Å²) < 4.78 is 31.7. The Labute approximate surface area is 180 Å². The average molecular weight is 431 g/mol. The minimum atomic E-state index is -1.07. The quantitative estimate of drug-likeness (QED) is 0.672. The van der Waals surface area contributed by atoms with E-state index in [0.29, 0.717) is 16.7 Å². The standard InChI is InChI=1S/C23H26FNO6/c1-3-29-20(26)14-31-22(19-13-25(23(27)28)10-11-30-19)17-8-5-9-18(24)21(17)16-7-4-6-15(2)12-16/h4-9,12,19,22H,3,10-11,13-14H2,1-2H3,(H,27,28)/t19?,22-/m0/s1. The van der Waals surface area contributed by atoms with Crippen molar-refractivity contribution in [2.75, 3.05) is 32.9 Å². The molecular weight excluding hydrogens is 405 g/mol. The second-order valence-electron chi connectivity index (χ2n) is 7.25. The van der Waals surface area contributed by atoms with E-state index in [2.05, 4.69) is 0 Å². The van der Waals surface area contributed by atoms with Gasteiger partial charge in [0.1, 0.15) is 24.6 Å². The summed E-state index contributed by atoms with van der Waals surface area (Å²) in [7, 11) is 0. The van der Waals surface area contributed by atoms with E-state index < -0.39 is 30.1 Å². The molecule has 3 rings (SSSR count). The van der Waals surface area contributed by atoms with E-state index >= 15 is 4.39 Å². The molecule has 1 unspecified atom stereocenters. The largest absolute Gasteiger partial charge is 0.465 e. The molecule has 0 radical (unpaired) electrons. The van der Waals surface area contributed by atoms with E-state index in [1.807, 2.05) is 25.1 Å². The molecule has 0 saturated carbocycles. The third-order valence-corrected chi connectivity index (χ3v) is 5.05. The molecule has 1 saturated heterocycles. The first kappa shape index (κ1) is 22.7. The number of aryl methyl sites for hydroxylation is 1. The fourth-order valence-corrected chi connectivity index (χ4v) is 3.67. The molecule has 1 aliphatic rings.